The lowest BCUT2D eigenvalue weighted by Gasteiger charge is -2.28. The van der Waals surface area contributed by atoms with Gasteiger partial charge in [0.2, 0.25) is 0 Å². The topological polar surface area (TPSA) is 57.5 Å². The monoisotopic (exact) mass is 204 g/mol. The first-order valence-corrected chi connectivity index (χ1v) is 5.62. The van der Waals surface area contributed by atoms with Gasteiger partial charge in [-0.15, -0.1) is 11.8 Å². The van der Waals surface area contributed by atoms with Crippen LogP contribution >= 0.6 is 11.8 Å². The molecule has 1 aliphatic carbocycles. The average molecular weight is 204 g/mol. The summed E-state index contributed by atoms with van der Waals surface area (Å²) in [5.74, 6) is -0.789. The van der Waals surface area contributed by atoms with E-state index in [0.29, 0.717) is 0 Å². The molecule has 0 heterocycles. The van der Waals surface area contributed by atoms with Crippen molar-refractivity contribution in [3.63, 3.8) is 0 Å². The number of carboxylic acids is 1. The lowest BCUT2D eigenvalue weighted by Crippen LogP contribution is -2.30. The van der Waals surface area contributed by atoms with Crippen molar-refractivity contribution >= 4 is 17.7 Å². The average Bonchev–Trinajstić information content (AvgIpc) is 2.08. The molecule has 76 valence electrons. The normalized spacial score (nSPS) is 31.2. The largest absolute Gasteiger partial charge is 0.480 e. The van der Waals surface area contributed by atoms with E-state index in [1.807, 2.05) is 0 Å². The Labute approximate surface area is 82.5 Å². The quantitative estimate of drug-likeness (QED) is 0.731. The van der Waals surface area contributed by atoms with Crippen molar-refractivity contribution in [1.29, 1.82) is 0 Å². The van der Waals surface area contributed by atoms with Gasteiger partial charge in [0.1, 0.15) is 0 Å². The number of hydrogen-bond donors (Lipinski definition) is 2. The highest BCUT2D eigenvalue weighted by Gasteiger charge is 2.27. The third-order valence-electron chi connectivity index (χ3n) is 2.39. The van der Waals surface area contributed by atoms with Gasteiger partial charge in [0.25, 0.3) is 0 Å². The van der Waals surface area contributed by atoms with Crippen LogP contribution in [0.4, 0.5) is 0 Å². The van der Waals surface area contributed by atoms with Crippen LogP contribution in [0, 0.1) is 0 Å². The van der Waals surface area contributed by atoms with Crippen molar-refractivity contribution in [3.05, 3.63) is 0 Å². The summed E-state index contributed by atoms with van der Waals surface area (Å²) in [5, 5.41) is 18.0. The van der Waals surface area contributed by atoms with Crippen molar-refractivity contribution < 1.29 is 15.0 Å². The first kappa shape index (κ1) is 10.9. The number of rotatable bonds is 3. The molecule has 0 radical (unpaired) electrons. The molecule has 3 nitrogen and oxygen atoms in total. The number of aliphatic carboxylic acids is 1. The van der Waals surface area contributed by atoms with Gasteiger partial charge in [-0.25, -0.2) is 0 Å². The van der Waals surface area contributed by atoms with Crippen LogP contribution in [0.3, 0.4) is 0 Å². The Bertz CT molecular complexity index is 184. The van der Waals surface area contributed by atoms with Gasteiger partial charge in [-0.1, -0.05) is 12.8 Å². The third kappa shape index (κ3) is 3.19. The van der Waals surface area contributed by atoms with Crippen molar-refractivity contribution in [2.24, 2.45) is 0 Å². The minimum absolute atomic E-state index is 0.125. The fourth-order valence-electron chi connectivity index (χ4n) is 1.56. The van der Waals surface area contributed by atoms with E-state index >= 15 is 0 Å². The third-order valence-corrected chi connectivity index (χ3v) is 3.90. The van der Waals surface area contributed by atoms with Gasteiger partial charge in [0.15, 0.2) is 0 Å². The molecule has 1 aliphatic rings. The molecule has 1 unspecified atom stereocenters. The highest BCUT2D eigenvalue weighted by atomic mass is 32.2. The molecule has 0 saturated heterocycles. The number of thioether (sulfide) groups is 1. The van der Waals surface area contributed by atoms with Gasteiger partial charge in [-0.05, 0) is 19.8 Å². The van der Waals surface area contributed by atoms with Crippen LogP contribution in [0.2, 0.25) is 0 Å². The van der Waals surface area contributed by atoms with E-state index in [2.05, 4.69) is 0 Å². The van der Waals surface area contributed by atoms with Crippen molar-refractivity contribution in [1.82, 2.24) is 0 Å². The minimum atomic E-state index is -0.789. The Balaban J connectivity index is 2.37. The van der Waals surface area contributed by atoms with Gasteiger partial charge in [0, 0.05) is 5.25 Å². The van der Waals surface area contributed by atoms with Crippen LogP contribution in [-0.2, 0) is 4.79 Å². The van der Waals surface area contributed by atoms with Gasteiger partial charge in [0.05, 0.1) is 11.4 Å². The number of aliphatic hydroxyl groups excluding tert-OH is 1. The zero-order valence-corrected chi connectivity index (χ0v) is 8.59. The van der Waals surface area contributed by atoms with Crippen molar-refractivity contribution in [3.8, 4) is 0 Å². The lowest BCUT2D eigenvalue weighted by molar-refractivity contribution is -0.136. The maximum absolute atomic E-state index is 10.6. The van der Waals surface area contributed by atoms with E-state index in [0.717, 1.165) is 25.7 Å². The van der Waals surface area contributed by atoms with Crippen LogP contribution in [0.25, 0.3) is 0 Å². The highest BCUT2D eigenvalue weighted by molar-refractivity contribution is 8.01. The Kier molecular flexibility index (Phi) is 4.06. The van der Waals surface area contributed by atoms with Crippen LogP contribution in [0.1, 0.15) is 32.6 Å². The van der Waals surface area contributed by atoms with Crippen LogP contribution in [0.15, 0.2) is 0 Å². The molecule has 13 heavy (non-hydrogen) atoms. The summed E-state index contributed by atoms with van der Waals surface area (Å²) in [6, 6.07) is 0. The standard InChI is InChI=1S/C9H16O3S/c1-6(9(11)12)13-8-5-3-2-4-7(8)10/h6-8,10H,2-5H2,1H3,(H,11,12)/t6?,7-,8-/m0/s1. The summed E-state index contributed by atoms with van der Waals surface area (Å²) in [5.41, 5.74) is 0. The molecule has 0 aromatic carbocycles. The molecule has 0 aromatic rings. The summed E-state index contributed by atoms with van der Waals surface area (Å²) in [4.78, 5) is 10.6. The lowest BCUT2D eigenvalue weighted by atomic mass is 9.97. The number of aliphatic hydroxyl groups is 1. The number of carbonyl (C=O) groups is 1. The Hall–Kier alpha value is -0.220. The summed E-state index contributed by atoms with van der Waals surface area (Å²) in [7, 11) is 0. The van der Waals surface area contributed by atoms with Crippen LogP contribution in [-0.4, -0.2) is 32.8 Å². The number of carboxylic acid groups (broad SMARTS) is 1. The second-order valence-electron chi connectivity index (χ2n) is 3.51. The Morgan fingerprint density at radius 2 is 2.08 bits per heavy atom. The van der Waals surface area contributed by atoms with Gasteiger partial charge in [-0.3, -0.25) is 4.79 Å². The smallest absolute Gasteiger partial charge is 0.316 e. The molecule has 2 N–H and O–H groups in total. The molecule has 0 amide bonds. The van der Waals surface area contributed by atoms with E-state index in [1.54, 1.807) is 6.92 Å². The minimum Gasteiger partial charge on any atom is -0.480 e. The molecular formula is C9H16O3S. The van der Waals surface area contributed by atoms with E-state index < -0.39 is 11.2 Å². The fourth-order valence-corrected chi connectivity index (χ4v) is 2.82. The molecule has 0 spiro atoms. The SMILES string of the molecule is CC(S[C@H]1CCCC[C@@H]1O)C(=O)O. The van der Waals surface area contributed by atoms with Crippen LogP contribution < -0.4 is 0 Å². The molecular weight excluding hydrogens is 188 g/mol. The van der Waals surface area contributed by atoms with Crippen LogP contribution in [0.5, 0.6) is 0 Å². The summed E-state index contributed by atoms with van der Waals surface area (Å²) >= 11 is 1.39. The van der Waals surface area contributed by atoms with Gasteiger partial charge >= 0.3 is 5.97 Å². The second kappa shape index (κ2) is 4.86. The predicted molar refractivity (Wildman–Crippen MR) is 53.0 cm³/mol. The zero-order valence-electron chi connectivity index (χ0n) is 7.77. The maximum atomic E-state index is 10.6. The zero-order chi connectivity index (χ0) is 9.84. The van der Waals surface area contributed by atoms with Gasteiger partial charge in [-0.2, -0.15) is 0 Å². The van der Waals surface area contributed by atoms with Crippen molar-refractivity contribution in [2.45, 2.75) is 49.2 Å². The number of hydrogen-bond acceptors (Lipinski definition) is 3. The summed E-state index contributed by atoms with van der Waals surface area (Å²) in [6.07, 6.45) is 3.65. The fraction of sp³-hybridized carbons (Fsp3) is 0.889. The maximum Gasteiger partial charge on any atom is 0.316 e. The molecule has 3 atom stereocenters. The molecule has 0 aliphatic heterocycles. The summed E-state index contributed by atoms with van der Waals surface area (Å²) in [6.45, 7) is 1.67. The van der Waals surface area contributed by atoms with Gasteiger partial charge < -0.3 is 10.2 Å². The van der Waals surface area contributed by atoms with E-state index in [-0.39, 0.29) is 11.4 Å². The van der Waals surface area contributed by atoms with E-state index in [1.165, 1.54) is 11.8 Å². The Morgan fingerprint density at radius 1 is 1.46 bits per heavy atom. The first-order chi connectivity index (χ1) is 6.11. The molecule has 1 saturated carbocycles. The van der Waals surface area contributed by atoms with E-state index in [4.69, 9.17) is 5.11 Å². The highest BCUT2D eigenvalue weighted by Crippen LogP contribution is 2.31. The molecule has 1 rings (SSSR count). The summed E-state index contributed by atoms with van der Waals surface area (Å²) < 4.78 is 0. The first-order valence-electron chi connectivity index (χ1n) is 4.67. The predicted octanol–water partition coefficient (Wildman–Crippen LogP) is 1.50. The van der Waals surface area contributed by atoms with Crippen molar-refractivity contribution in [2.75, 3.05) is 0 Å². The molecule has 1 fully saturated rings. The second-order valence-corrected chi connectivity index (χ2v) is 5.09. The molecule has 4 heteroatoms. The molecule has 0 bridgehead atoms. The Morgan fingerprint density at radius 3 is 2.62 bits per heavy atom. The molecule has 0 aromatic heterocycles. The van der Waals surface area contributed by atoms with E-state index in [9.17, 15) is 9.90 Å².